The van der Waals surface area contributed by atoms with Crippen molar-refractivity contribution in [3.8, 4) is 11.5 Å². The molecule has 1 atom stereocenters. The number of pyridine rings is 1. The Kier molecular flexibility index (Phi) is 4.67. The number of aryl methyl sites for hydroxylation is 1. The summed E-state index contributed by atoms with van der Waals surface area (Å²) in [5.74, 6) is 2.30. The zero-order valence-corrected chi connectivity index (χ0v) is 15.2. The monoisotopic (exact) mass is 349 g/mol. The third kappa shape index (κ3) is 3.46. The molecular weight excluding hydrogens is 326 g/mol. The van der Waals surface area contributed by atoms with Crippen molar-refractivity contribution in [3.63, 3.8) is 0 Å². The van der Waals surface area contributed by atoms with Gasteiger partial charge in [-0.3, -0.25) is 4.90 Å². The summed E-state index contributed by atoms with van der Waals surface area (Å²) in [5, 5.41) is 8.53. The lowest BCUT2D eigenvalue weighted by molar-refractivity contribution is 0.173. The van der Waals surface area contributed by atoms with Crippen molar-refractivity contribution in [2.24, 2.45) is 0 Å². The normalized spacial score (nSPS) is 16.6. The highest BCUT2D eigenvalue weighted by molar-refractivity contribution is 5.53. The van der Waals surface area contributed by atoms with Crippen LogP contribution in [-0.2, 0) is 0 Å². The smallest absolute Gasteiger partial charge is 0.247 e. The average Bonchev–Trinajstić information content (AvgIpc) is 3.18. The Balaban J connectivity index is 1.42. The molecule has 6 heteroatoms. The molecule has 3 heterocycles. The summed E-state index contributed by atoms with van der Waals surface area (Å²) >= 11 is 0. The van der Waals surface area contributed by atoms with Crippen molar-refractivity contribution in [3.05, 3.63) is 60.1 Å². The molecule has 0 radical (unpaired) electrons. The van der Waals surface area contributed by atoms with Gasteiger partial charge in [0.15, 0.2) is 0 Å². The van der Waals surface area contributed by atoms with E-state index in [9.17, 15) is 0 Å². The summed E-state index contributed by atoms with van der Waals surface area (Å²) in [4.78, 5) is 9.14. The number of anilines is 1. The molecule has 26 heavy (non-hydrogen) atoms. The van der Waals surface area contributed by atoms with E-state index in [1.54, 1.807) is 0 Å². The van der Waals surface area contributed by atoms with Gasteiger partial charge >= 0.3 is 0 Å². The lowest BCUT2D eigenvalue weighted by Gasteiger charge is -2.37. The molecule has 6 nitrogen and oxygen atoms in total. The minimum atomic E-state index is 0.104. The number of nitrogens with zero attached hydrogens (tertiary/aromatic N) is 5. The Bertz CT molecular complexity index is 855. The largest absolute Gasteiger partial charge is 0.419 e. The van der Waals surface area contributed by atoms with Crippen molar-refractivity contribution in [2.45, 2.75) is 19.9 Å². The summed E-state index contributed by atoms with van der Waals surface area (Å²) in [6.07, 6.45) is 1.84. The molecule has 4 rings (SSSR count). The van der Waals surface area contributed by atoms with Gasteiger partial charge in [-0.2, -0.15) is 0 Å². The van der Waals surface area contributed by atoms with Crippen LogP contribution in [-0.4, -0.2) is 46.3 Å². The molecule has 1 aliphatic rings. The second-order valence-corrected chi connectivity index (χ2v) is 6.70. The third-order valence-corrected chi connectivity index (χ3v) is 4.90. The van der Waals surface area contributed by atoms with E-state index in [-0.39, 0.29) is 6.04 Å². The van der Waals surface area contributed by atoms with Gasteiger partial charge in [0.2, 0.25) is 11.8 Å². The van der Waals surface area contributed by atoms with E-state index in [1.165, 1.54) is 5.56 Å². The molecule has 0 N–H and O–H groups in total. The highest BCUT2D eigenvalue weighted by Gasteiger charge is 2.26. The Morgan fingerprint density at radius 3 is 2.58 bits per heavy atom. The van der Waals surface area contributed by atoms with Crippen LogP contribution < -0.4 is 4.90 Å². The first kappa shape index (κ1) is 16.7. The van der Waals surface area contributed by atoms with Crippen LogP contribution in [0.2, 0.25) is 0 Å². The topological polar surface area (TPSA) is 58.3 Å². The third-order valence-electron chi connectivity index (χ3n) is 4.90. The summed E-state index contributed by atoms with van der Waals surface area (Å²) < 4.78 is 5.96. The molecule has 0 saturated carbocycles. The summed E-state index contributed by atoms with van der Waals surface area (Å²) in [5.41, 5.74) is 2.15. The molecule has 0 bridgehead atoms. The first-order chi connectivity index (χ1) is 12.7. The molecule has 2 aromatic heterocycles. The number of rotatable bonds is 4. The predicted molar refractivity (Wildman–Crippen MR) is 101 cm³/mol. The minimum Gasteiger partial charge on any atom is -0.419 e. The van der Waals surface area contributed by atoms with E-state index >= 15 is 0 Å². The van der Waals surface area contributed by atoms with Crippen LogP contribution in [0.3, 0.4) is 0 Å². The lowest BCUT2D eigenvalue weighted by Crippen LogP contribution is -2.47. The van der Waals surface area contributed by atoms with Crippen molar-refractivity contribution in [1.29, 1.82) is 0 Å². The van der Waals surface area contributed by atoms with Crippen molar-refractivity contribution in [2.75, 3.05) is 31.1 Å². The maximum Gasteiger partial charge on any atom is 0.247 e. The van der Waals surface area contributed by atoms with Gasteiger partial charge in [-0.05, 0) is 38.1 Å². The Morgan fingerprint density at radius 1 is 1.00 bits per heavy atom. The summed E-state index contributed by atoms with van der Waals surface area (Å²) in [6, 6.07) is 14.3. The number of hydrogen-bond acceptors (Lipinski definition) is 6. The molecular formula is C20H23N5O. The SMILES string of the molecule is Cc1cccc(-c2nnc([C@H](C)N3CCN(c4ccccn4)CC3)o2)c1. The predicted octanol–water partition coefficient (Wildman–Crippen LogP) is 3.32. The summed E-state index contributed by atoms with van der Waals surface area (Å²) in [6.45, 7) is 7.97. The molecule has 0 aliphatic carbocycles. The lowest BCUT2D eigenvalue weighted by atomic mass is 10.1. The van der Waals surface area contributed by atoms with Gasteiger partial charge in [0.1, 0.15) is 5.82 Å². The maximum absolute atomic E-state index is 5.96. The van der Waals surface area contributed by atoms with Crippen LogP contribution in [0.4, 0.5) is 5.82 Å². The second-order valence-electron chi connectivity index (χ2n) is 6.70. The van der Waals surface area contributed by atoms with Crippen molar-refractivity contribution in [1.82, 2.24) is 20.1 Å². The molecule has 3 aromatic rings. The van der Waals surface area contributed by atoms with E-state index in [0.29, 0.717) is 11.8 Å². The van der Waals surface area contributed by atoms with Crippen molar-refractivity contribution >= 4 is 5.82 Å². The molecule has 0 spiro atoms. The molecule has 1 aliphatic heterocycles. The fourth-order valence-corrected chi connectivity index (χ4v) is 3.33. The molecule has 0 amide bonds. The number of piperazine rings is 1. The van der Waals surface area contributed by atoms with Gasteiger partial charge in [-0.15, -0.1) is 10.2 Å². The molecule has 0 unspecified atom stereocenters. The van der Waals surface area contributed by atoms with Gasteiger partial charge in [-0.25, -0.2) is 4.98 Å². The molecule has 134 valence electrons. The number of benzene rings is 1. The van der Waals surface area contributed by atoms with Crippen LogP contribution >= 0.6 is 0 Å². The quantitative estimate of drug-likeness (QED) is 0.720. The van der Waals surface area contributed by atoms with E-state index in [4.69, 9.17) is 4.42 Å². The van der Waals surface area contributed by atoms with Gasteiger partial charge in [-0.1, -0.05) is 23.8 Å². The van der Waals surface area contributed by atoms with Crippen LogP contribution in [0.15, 0.2) is 53.1 Å². The number of aromatic nitrogens is 3. The fourth-order valence-electron chi connectivity index (χ4n) is 3.33. The van der Waals surface area contributed by atoms with Crippen LogP contribution in [0.1, 0.15) is 24.4 Å². The van der Waals surface area contributed by atoms with E-state index in [1.807, 2.05) is 30.5 Å². The van der Waals surface area contributed by atoms with Crippen LogP contribution in [0, 0.1) is 6.92 Å². The highest BCUT2D eigenvalue weighted by Crippen LogP contribution is 2.25. The van der Waals surface area contributed by atoms with Gasteiger partial charge in [0, 0.05) is 37.9 Å². The zero-order valence-electron chi connectivity index (χ0n) is 15.2. The van der Waals surface area contributed by atoms with E-state index in [2.05, 4.69) is 57.0 Å². The van der Waals surface area contributed by atoms with Gasteiger partial charge in [0.25, 0.3) is 0 Å². The van der Waals surface area contributed by atoms with Gasteiger partial charge < -0.3 is 9.32 Å². The van der Waals surface area contributed by atoms with E-state index in [0.717, 1.165) is 37.6 Å². The van der Waals surface area contributed by atoms with Crippen LogP contribution in [0.5, 0.6) is 0 Å². The molecule has 1 saturated heterocycles. The first-order valence-electron chi connectivity index (χ1n) is 9.01. The zero-order chi connectivity index (χ0) is 17.9. The van der Waals surface area contributed by atoms with E-state index < -0.39 is 0 Å². The highest BCUT2D eigenvalue weighted by atomic mass is 16.4. The Hall–Kier alpha value is -2.73. The van der Waals surface area contributed by atoms with Gasteiger partial charge in [0.05, 0.1) is 6.04 Å². The Labute approximate surface area is 153 Å². The molecule has 1 aromatic carbocycles. The second kappa shape index (κ2) is 7.25. The molecule has 1 fully saturated rings. The standard InChI is InChI=1S/C20H23N5O/c1-15-6-5-7-17(14-15)20-23-22-19(26-20)16(2)24-10-12-25(13-11-24)18-8-3-4-9-21-18/h3-9,14,16H,10-13H2,1-2H3/t16-/m0/s1. The summed E-state index contributed by atoms with van der Waals surface area (Å²) in [7, 11) is 0. The first-order valence-corrected chi connectivity index (χ1v) is 9.01. The number of hydrogen-bond donors (Lipinski definition) is 0. The average molecular weight is 349 g/mol. The maximum atomic E-state index is 5.96. The minimum absolute atomic E-state index is 0.104. The van der Waals surface area contributed by atoms with Crippen LogP contribution in [0.25, 0.3) is 11.5 Å². The fraction of sp³-hybridized carbons (Fsp3) is 0.350. The van der Waals surface area contributed by atoms with Crippen molar-refractivity contribution < 1.29 is 4.42 Å². The Morgan fingerprint density at radius 2 is 1.85 bits per heavy atom.